The van der Waals surface area contributed by atoms with Crippen molar-refractivity contribution < 1.29 is 8.42 Å². The average molecular weight is 417 g/mol. The van der Waals surface area contributed by atoms with Crippen LogP contribution in [-0.2, 0) is 16.4 Å². The van der Waals surface area contributed by atoms with Crippen molar-refractivity contribution in [1.82, 2.24) is 9.71 Å². The summed E-state index contributed by atoms with van der Waals surface area (Å²) in [6.45, 7) is 3.80. The summed E-state index contributed by atoms with van der Waals surface area (Å²) in [5.74, 6) is 0. The van der Waals surface area contributed by atoms with Gasteiger partial charge < -0.3 is 4.98 Å². The molecule has 4 nitrogen and oxygen atoms in total. The van der Waals surface area contributed by atoms with E-state index in [1.807, 2.05) is 72.9 Å². The summed E-state index contributed by atoms with van der Waals surface area (Å²) in [5, 5.41) is 1.11. The van der Waals surface area contributed by atoms with Crippen molar-refractivity contribution in [3.05, 3.63) is 103 Å². The Bertz CT molecular complexity index is 1240. The normalized spacial score (nSPS) is 12.7. The third-order valence-electron chi connectivity index (χ3n) is 5.19. The molecule has 4 rings (SSSR count). The van der Waals surface area contributed by atoms with E-state index in [1.54, 1.807) is 18.2 Å². The first-order chi connectivity index (χ1) is 14.6. The van der Waals surface area contributed by atoms with E-state index in [1.165, 1.54) is 0 Å². The molecule has 152 valence electrons. The molecule has 0 amide bonds. The molecule has 0 spiro atoms. The van der Waals surface area contributed by atoms with Crippen molar-refractivity contribution in [3.63, 3.8) is 0 Å². The maximum Gasteiger partial charge on any atom is 0.240 e. The summed E-state index contributed by atoms with van der Waals surface area (Å²) in [6, 6.07) is 24.6. The smallest absolute Gasteiger partial charge is 0.240 e. The highest BCUT2D eigenvalue weighted by atomic mass is 32.2. The summed E-state index contributed by atoms with van der Waals surface area (Å²) in [5.41, 5.74) is 4.16. The zero-order valence-corrected chi connectivity index (χ0v) is 17.4. The average Bonchev–Trinajstić information content (AvgIpc) is 3.17. The molecule has 0 aliphatic carbocycles. The van der Waals surface area contributed by atoms with Gasteiger partial charge in [0.25, 0.3) is 0 Å². The molecule has 0 radical (unpaired) electrons. The molecule has 30 heavy (non-hydrogen) atoms. The largest absolute Gasteiger partial charge is 0.361 e. The van der Waals surface area contributed by atoms with E-state index < -0.39 is 10.0 Å². The lowest BCUT2D eigenvalue weighted by molar-refractivity contribution is 0.547. The van der Waals surface area contributed by atoms with Crippen LogP contribution in [0.25, 0.3) is 22.0 Å². The summed E-state index contributed by atoms with van der Waals surface area (Å²) in [6.07, 6.45) is 4.82. The van der Waals surface area contributed by atoms with Crippen LogP contribution >= 0.6 is 0 Å². The maximum absolute atomic E-state index is 13.0. The zero-order chi connectivity index (χ0) is 21.0. The van der Waals surface area contributed by atoms with Gasteiger partial charge in [0.15, 0.2) is 0 Å². The second-order valence-corrected chi connectivity index (χ2v) is 9.01. The van der Waals surface area contributed by atoms with E-state index in [9.17, 15) is 8.42 Å². The molecule has 1 heterocycles. The van der Waals surface area contributed by atoms with Gasteiger partial charge in [-0.05, 0) is 47.7 Å². The van der Waals surface area contributed by atoms with Crippen LogP contribution in [0.4, 0.5) is 0 Å². The molecule has 3 aromatic carbocycles. The van der Waals surface area contributed by atoms with Gasteiger partial charge >= 0.3 is 0 Å². The Kier molecular flexibility index (Phi) is 5.84. The summed E-state index contributed by atoms with van der Waals surface area (Å²) in [7, 11) is -3.65. The highest BCUT2D eigenvalue weighted by Gasteiger charge is 2.21. The van der Waals surface area contributed by atoms with Crippen LogP contribution in [0.5, 0.6) is 0 Å². The zero-order valence-electron chi connectivity index (χ0n) is 16.6. The fourth-order valence-electron chi connectivity index (χ4n) is 3.68. The van der Waals surface area contributed by atoms with Crippen molar-refractivity contribution in [2.75, 3.05) is 0 Å². The Balaban J connectivity index is 1.54. The lowest BCUT2D eigenvalue weighted by atomic mass is 10.0. The van der Waals surface area contributed by atoms with Crippen molar-refractivity contribution >= 4 is 20.9 Å². The minimum Gasteiger partial charge on any atom is -0.361 e. The van der Waals surface area contributed by atoms with Crippen molar-refractivity contribution in [1.29, 1.82) is 0 Å². The molecule has 5 heteroatoms. The predicted octanol–water partition coefficient (Wildman–Crippen LogP) is 5.30. The first-order valence-corrected chi connectivity index (χ1v) is 11.4. The van der Waals surface area contributed by atoms with Gasteiger partial charge in [-0.2, -0.15) is 0 Å². The Hall–Kier alpha value is -3.15. The molecule has 0 saturated carbocycles. The van der Waals surface area contributed by atoms with Crippen molar-refractivity contribution in [3.8, 4) is 11.1 Å². The number of hydrogen-bond acceptors (Lipinski definition) is 2. The number of aromatic amines is 1. The Morgan fingerprint density at radius 2 is 1.57 bits per heavy atom. The number of fused-ring (bicyclic) bond motifs is 1. The molecule has 0 aliphatic rings. The van der Waals surface area contributed by atoms with E-state index in [4.69, 9.17) is 0 Å². The molecule has 1 aromatic heterocycles. The van der Waals surface area contributed by atoms with Crippen LogP contribution in [-0.4, -0.2) is 19.4 Å². The number of sulfonamides is 1. The van der Waals surface area contributed by atoms with Gasteiger partial charge in [-0.25, -0.2) is 13.1 Å². The maximum atomic E-state index is 13.0. The third-order valence-corrected chi connectivity index (χ3v) is 6.72. The fraction of sp³-hybridized carbons (Fsp3) is 0.120. The van der Waals surface area contributed by atoms with Crippen molar-refractivity contribution in [2.45, 2.75) is 23.8 Å². The Labute approximate surface area is 177 Å². The second kappa shape index (κ2) is 8.69. The van der Waals surface area contributed by atoms with Gasteiger partial charge in [0, 0.05) is 23.1 Å². The number of para-hydroxylation sites is 1. The van der Waals surface area contributed by atoms with E-state index in [2.05, 4.69) is 16.3 Å². The number of hydrogen-bond donors (Lipinski definition) is 2. The minimum atomic E-state index is -3.65. The molecular formula is C25H24N2O2S. The third kappa shape index (κ3) is 4.37. The van der Waals surface area contributed by atoms with E-state index >= 15 is 0 Å². The van der Waals surface area contributed by atoms with Crippen LogP contribution in [0.15, 0.2) is 103 Å². The number of benzene rings is 3. The van der Waals surface area contributed by atoms with Gasteiger partial charge in [0.05, 0.1) is 4.90 Å². The molecule has 0 unspecified atom stereocenters. The number of rotatable bonds is 8. The topological polar surface area (TPSA) is 62.0 Å². The molecule has 0 aliphatic heterocycles. The molecule has 4 aromatic rings. The SMILES string of the molecule is C=CC[C@@H](Cc1c[nH]c2ccccc12)NS(=O)(=O)c1ccc(-c2ccccc2)cc1. The van der Waals surface area contributed by atoms with E-state index in [0.717, 1.165) is 27.6 Å². The highest BCUT2D eigenvalue weighted by molar-refractivity contribution is 7.89. The lowest BCUT2D eigenvalue weighted by Gasteiger charge is -2.17. The second-order valence-electron chi connectivity index (χ2n) is 7.30. The van der Waals surface area contributed by atoms with E-state index in [-0.39, 0.29) is 10.9 Å². The van der Waals surface area contributed by atoms with Gasteiger partial charge in [-0.3, -0.25) is 0 Å². The van der Waals surface area contributed by atoms with Crippen LogP contribution in [0, 0.1) is 0 Å². The molecule has 0 saturated heterocycles. The van der Waals surface area contributed by atoms with E-state index in [0.29, 0.717) is 12.8 Å². The van der Waals surface area contributed by atoms with Crippen LogP contribution in [0.1, 0.15) is 12.0 Å². The van der Waals surface area contributed by atoms with Gasteiger partial charge in [-0.15, -0.1) is 6.58 Å². The summed E-state index contributed by atoms with van der Waals surface area (Å²) >= 11 is 0. The standard InChI is InChI=1S/C25H24N2O2S/c1-2-8-22(17-21-18-26-25-12-7-6-11-24(21)25)27-30(28,29)23-15-13-20(14-16-23)19-9-4-3-5-10-19/h2-7,9-16,18,22,26-27H,1,8,17H2/t22-/m0/s1. The summed E-state index contributed by atoms with van der Waals surface area (Å²) in [4.78, 5) is 3.51. The Morgan fingerprint density at radius 3 is 2.30 bits per heavy atom. The summed E-state index contributed by atoms with van der Waals surface area (Å²) < 4.78 is 28.9. The van der Waals surface area contributed by atoms with Crippen molar-refractivity contribution in [2.24, 2.45) is 0 Å². The van der Waals surface area contributed by atoms with Gasteiger partial charge in [0.1, 0.15) is 0 Å². The molecule has 0 bridgehead atoms. The fourth-order valence-corrected chi connectivity index (χ4v) is 4.93. The highest BCUT2D eigenvalue weighted by Crippen LogP contribution is 2.23. The first kappa shape index (κ1) is 20.1. The molecule has 0 fully saturated rings. The van der Waals surface area contributed by atoms with Gasteiger partial charge in [0.2, 0.25) is 10.0 Å². The first-order valence-electron chi connectivity index (χ1n) is 9.90. The number of aromatic nitrogens is 1. The number of nitrogens with one attached hydrogen (secondary N) is 2. The lowest BCUT2D eigenvalue weighted by Crippen LogP contribution is -2.36. The van der Waals surface area contributed by atoms with Crippen LogP contribution in [0.3, 0.4) is 0 Å². The van der Waals surface area contributed by atoms with Gasteiger partial charge in [-0.1, -0.05) is 66.7 Å². The Morgan fingerprint density at radius 1 is 0.900 bits per heavy atom. The number of H-pyrrole nitrogens is 1. The quantitative estimate of drug-likeness (QED) is 0.383. The minimum absolute atomic E-state index is 0.259. The van der Waals surface area contributed by atoms with Crippen LogP contribution < -0.4 is 4.72 Å². The monoisotopic (exact) mass is 416 g/mol. The predicted molar refractivity (Wildman–Crippen MR) is 123 cm³/mol. The molecule has 1 atom stereocenters. The van der Waals surface area contributed by atoms with Crippen LogP contribution in [0.2, 0.25) is 0 Å². The molecular weight excluding hydrogens is 392 g/mol. The molecule has 2 N–H and O–H groups in total.